The number of hydrogen-bond donors (Lipinski definition) is 0. The molecule has 0 amide bonds. The van der Waals surface area contributed by atoms with Gasteiger partial charge in [-0.05, 0) is 12.8 Å². The normalized spacial score (nSPS) is 11.0. The Balaban J connectivity index is 3.64. The quantitative estimate of drug-likeness (QED) is 0.412. The highest BCUT2D eigenvalue weighted by molar-refractivity contribution is 5.20. The van der Waals surface area contributed by atoms with Crippen molar-refractivity contribution in [1.82, 2.24) is 0 Å². The second-order valence-corrected chi connectivity index (χ2v) is 2.35. The lowest BCUT2D eigenvalue weighted by Crippen LogP contribution is -1.68. The Hall–Kier alpha value is -1.04. The zero-order chi connectivity index (χ0) is 8.53. The van der Waals surface area contributed by atoms with Gasteiger partial charge in [-0.3, -0.25) is 0 Å². The van der Waals surface area contributed by atoms with E-state index in [1.165, 1.54) is 0 Å². The summed E-state index contributed by atoms with van der Waals surface area (Å²) in [7, 11) is 0. The summed E-state index contributed by atoms with van der Waals surface area (Å²) >= 11 is 0. The summed E-state index contributed by atoms with van der Waals surface area (Å²) in [6, 6.07) is 0. The zero-order valence-electron chi connectivity index (χ0n) is 7.22. The van der Waals surface area contributed by atoms with E-state index in [0.717, 1.165) is 18.4 Å². The summed E-state index contributed by atoms with van der Waals surface area (Å²) in [6.45, 7) is 9.60. The van der Waals surface area contributed by atoms with Gasteiger partial charge in [-0.2, -0.15) is 0 Å². The third kappa shape index (κ3) is 6.85. The van der Waals surface area contributed by atoms with Crippen molar-refractivity contribution < 1.29 is 0 Å². The minimum absolute atomic E-state index is 0.871. The average molecular weight is 148 g/mol. The fourth-order valence-corrected chi connectivity index (χ4v) is 0.660. The molecule has 0 nitrogen and oxygen atoms in total. The maximum atomic E-state index is 3.85. The van der Waals surface area contributed by atoms with Gasteiger partial charge in [0.2, 0.25) is 0 Å². The predicted molar refractivity (Wildman–Crippen MR) is 52.5 cm³/mol. The van der Waals surface area contributed by atoms with Crippen molar-refractivity contribution in [1.29, 1.82) is 0 Å². The largest absolute Gasteiger partial charge is 0.103 e. The van der Waals surface area contributed by atoms with E-state index in [-0.39, 0.29) is 0 Å². The van der Waals surface area contributed by atoms with E-state index in [1.54, 1.807) is 0 Å². The van der Waals surface area contributed by atoms with Gasteiger partial charge in [0.05, 0.1) is 0 Å². The van der Waals surface area contributed by atoms with Crippen LogP contribution in [0.15, 0.2) is 49.1 Å². The van der Waals surface area contributed by atoms with E-state index in [2.05, 4.69) is 26.2 Å². The standard InChI is InChI=1S/C11H16/c1-4-6-7-8-10-11(3)9-5-2/h5-8,10H,2-4,9H2,1H3/b7-6-,10-8-. The molecule has 0 bridgehead atoms. The molecular formula is C11H16. The van der Waals surface area contributed by atoms with Gasteiger partial charge < -0.3 is 0 Å². The first-order valence-corrected chi connectivity index (χ1v) is 3.93. The molecule has 11 heavy (non-hydrogen) atoms. The summed E-state index contributed by atoms with van der Waals surface area (Å²) in [4.78, 5) is 0. The molecule has 0 heterocycles. The first-order valence-electron chi connectivity index (χ1n) is 3.93. The second kappa shape index (κ2) is 7.07. The molecule has 0 aliphatic heterocycles. The van der Waals surface area contributed by atoms with E-state index in [9.17, 15) is 0 Å². The van der Waals surface area contributed by atoms with Crippen molar-refractivity contribution in [3.63, 3.8) is 0 Å². The molecule has 0 unspecified atom stereocenters. The van der Waals surface area contributed by atoms with E-state index in [0.29, 0.717) is 0 Å². The van der Waals surface area contributed by atoms with E-state index < -0.39 is 0 Å². The van der Waals surface area contributed by atoms with Gasteiger partial charge in [0.1, 0.15) is 0 Å². The van der Waals surface area contributed by atoms with Crippen molar-refractivity contribution >= 4 is 0 Å². The Bertz CT molecular complexity index is 170. The summed E-state index contributed by atoms with van der Waals surface area (Å²) in [5, 5.41) is 0. The highest BCUT2D eigenvalue weighted by Gasteiger charge is 1.79. The van der Waals surface area contributed by atoms with E-state index >= 15 is 0 Å². The molecule has 0 saturated heterocycles. The Morgan fingerprint density at radius 3 is 2.64 bits per heavy atom. The third-order valence-corrected chi connectivity index (χ3v) is 1.22. The van der Waals surface area contributed by atoms with Gasteiger partial charge in [0.15, 0.2) is 0 Å². The summed E-state index contributed by atoms with van der Waals surface area (Å²) < 4.78 is 0. The Labute approximate surface area is 69.6 Å². The fourth-order valence-electron chi connectivity index (χ4n) is 0.660. The van der Waals surface area contributed by atoms with Gasteiger partial charge in [-0.25, -0.2) is 0 Å². The lowest BCUT2D eigenvalue weighted by molar-refractivity contribution is 1.22. The predicted octanol–water partition coefficient (Wildman–Crippen LogP) is 3.64. The third-order valence-electron chi connectivity index (χ3n) is 1.22. The summed E-state index contributed by atoms with van der Waals surface area (Å²) in [5.41, 5.74) is 1.10. The van der Waals surface area contributed by atoms with Crippen LogP contribution in [0.1, 0.15) is 19.8 Å². The topological polar surface area (TPSA) is 0 Å². The molecule has 0 spiro atoms. The molecule has 0 aliphatic carbocycles. The van der Waals surface area contributed by atoms with Crippen LogP contribution < -0.4 is 0 Å². The Morgan fingerprint density at radius 2 is 2.09 bits per heavy atom. The molecule has 60 valence electrons. The van der Waals surface area contributed by atoms with Crippen molar-refractivity contribution in [3.05, 3.63) is 49.1 Å². The minimum atomic E-state index is 0.871. The Kier molecular flexibility index (Phi) is 6.40. The van der Waals surface area contributed by atoms with Crippen LogP contribution >= 0.6 is 0 Å². The number of allylic oxidation sites excluding steroid dienone is 6. The zero-order valence-corrected chi connectivity index (χ0v) is 7.22. The molecule has 0 fully saturated rings. The first-order chi connectivity index (χ1) is 5.31. The van der Waals surface area contributed by atoms with Crippen LogP contribution in [0.25, 0.3) is 0 Å². The van der Waals surface area contributed by atoms with Gasteiger partial charge in [0, 0.05) is 0 Å². The molecule has 0 radical (unpaired) electrons. The van der Waals surface area contributed by atoms with Crippen LogP contribution in [0.4, 0.5) is 0 Å². The molecule has 0 rings (SSSR count). The summed E-state index contributed by atoms with van der Waals surface area (Å²) in [6.07, 6.45) is 12.0. The molecule has 0 atom stereocenters. The van der Waals surface area contributed by atoms with Crippen LogP contribution in [0.2, 0.25) is 0 Å². The van der Waals surface area contributed by atoms with Crippen LogP contribution in [-0.2, 0) is 0 Å². The van der Waals surface area contributed by atoms with Gasteiger partial charge in [-0.15, -0.1) is 6.58 Å². The van der Waals surface area contributed by atoms with Crippen LogP contribution in [0.3, 0.4) is 0 Å². The lowest BCUT2D eigenvalue weighted by atomic mass is 10.2. The Morgan fingerprint density at radius 1 is 1.36 bits per heavy atom. The molecule has 0 aromatic carbocycles. The fraction of sp³-hybridized carbons (Fsp3) is 0.273. The monoisotopic (exact) mass is 148 g/mol. The molecule has 0 saturated carbocycles. The van der Waals surface area contributed by atoms with Gasteiger partial charge in [-0.1, -0.05) is 49.5 Å². The van der Waals surface area contributed by atoms with Gasteiger partial charge in [0.25, 0.3) is 0 Å². The minimum Gasteiger partial charge on any atom is -0.103 e. The van der Waals surface area contributed by atoms with Crippen LogP contribution in [-0.4, -0.2) is 0 Å². The molecule has 0 aromatic rings. The van der Waals surface area contributed by atoms with Crippen LogP contribution in [0, 0.1) is 0 Å². The van der Waals surface area contributed by atoms with Crippen molar-refractivity contribution in [2.45, 2.75) is 19.8 Å². The lowest BCUT2D eigenvalue weighted by Gasteiger charge is -1.89. The molecular weight excluding hydrogens is 132 g/mol. The van der Waals surface area contributed by atoms with Crippen LogP contribution in [0.5, 0.6) is 0 Å². The SMILES string of the molecule is C=CCC(=C)/C=C\C=C/CC. The van der Waals surface area contributed by atoms with Gasteiger partial charge >= 0.3 is 0 Å². The number of rotatable bonds is 5. The molecule has 0 aromatic heterocycles. The van der Waals surface area contributed by atoms with Crippen molar-refractivity contribution in [3.8, 4) is 0 Å². The molecule has 0 N–H and O–H groups in total. The second-order valence-electron chi connectivity index (χ2n) is 2.35. The van der Waals surface area contributed by atoms with E-state index in [1.807, 2.05) is 24.3 Å². The molecule has 0 heteroatoms. The highest BCUT2D eigenvalue weighted by Crippen LogP contribution is 1.99. The maximum absolute atomic E-state index is 3.85. The summed E-state index contributed by atoms with van der Waals surface area (Å²) in [5.74, 6) is 0. The maximum Gasteiger partial charge on any atom is -0.0106 e. The number of hydrogen-bond acceptors (Lipinski definition) is 0. The highest BCUT2D eigenvalue weighted by atomic mass is 13.9. The smallest absolute Gasteiger partial charge is 0.0106 e. The first kappa shape index (κ1) is 9.96. The van der Waals surface area contributed by atoms with Crippen molar-refractivity contribution in [2.75, 3.05) is 0 Å². The van der Waals surface area contributed by atoms with E-state index in [4.69, 9.17) is 0 Å². The molecule has 0 aliphatic rings. The average Bonchev–Trinajstić information content (AvgIpc) is 1.99. The van der Waals surface area contributed by atoms with Crippen molar-refractivity contribution in [2.24, 2.45) is 0 Å².